The van der Waals surface area contributed by atoms with Gasteiger partial charge in [0.1, 0.15) is 0 Å². The number of nitrogens with zero attached hydrogens (tertiary/aromatic N) is 2. The normalized spacial score (nSPS) is 11.8. The van der Waals surface area contributed by atoms with Gasteiger partial charge in [0.2, 0.25) is 0 Å². The third-order valence-electron chi connectivity index (χ3n) is 12.1. The van der Waals surface area contributed by atoms with Crippen LogP contribution in [0.2, 0.25) is 0 Å². The van der Waals surface area contributed by atoms with Gasteiger partial charge in [-0.1, -0.05) is 164 Å². The molecule has 0 aliphatic carbocycles. The van der Waals surface area contributed by atoms with E-state index in [0.29, 0.717) is 0 Å². The van der Waals surface area contributed by atoms with Crippen molar-refractivity contribution in [1.82, 2.24) is 9.13 Å². The molecule has 0 amide bonds. The zero-order chi connectivity index (χ0) is 38.2. The third kappa shape index (κ3) is 4.79. The molecule has 12 aromatic rings. The van der Waals surface area contributed by atoms with Crippen LogP contribution in [-0.2, 0) is 0 Å². The Hall–Kier alpha value is -7.68. The summed E-state index contributed by atoms with van der Waals surface area (Å²) in [6.07, 6.45) is 0. The fourth-order valence-corrected chi connectivity index (χ4v) is 9.75. The Balaban J connectivity index is 1.20. The minimum absolute atomic E-state index is 1.16. The molecular weight excluding hydrogens is 701 g/mol. The van der Waals surface area contributed by atoms with Crippen LogP contribution in [0.1, 0.15) is 0 Å². The van der Waals surface area contributed by atoms with Crippen molar-refractivity contribution < 1.29 is 0 Å². The first-order valence-electron chi connectivity index (χ1n) is 20.0. The number of hydrogen-bond acceptors (Lipinski definition) is 0. The van der Waals surface area contributed by atoms with Crippen molar-refractivity contribution in [3.8, 4) is 44.8 Å². The summed E-state index contributed by atoms with van der Waals surface area (Å²) in [6, 6.07) is 80.0. The number of fused-ring (bicyclic) bond motifs is 8. The molecule has 0 bridgehead atoms. The van der Waals surface area contributed by atoms with Crippen molar-refractivity contribution in [3.05, 3.63) is 218 Å². The number of aromatic nitrogens is 2. The standard InChI is InChI=1S/C56H36N2/c1-4-18-37(19-5-1)54-44-28-14-26-40(42-30-16-34-52-55(42)46-24-10-12-32-50(46)57(52)38-20-6-2-7-21-38)48(44)36-49-41(27-15-29-45(49)54)43-31-17-35-53-56(43)47-25-11-13-33-51(47)58(53)39-22-8-3-9-23-39/h1-36H. The second-order valence-corrected chi connectivity index (χ2v) is 15.2. The molecule has 0 fully saturated rings. The average Bonchev–Trinajstić information content (AvgIpc) is 3.82. The fourth-order valence-electron chi connectivity index (χ4n) is 9.75. The minimum Gasteiger partial charge on any atom is -0.309 e. The first-order valence-corrected chi connectivity index (χ1v) is 20.0. The van der Waals surface area contributed by atoms with E-state index in [4.69, 9.17) is 0 Å². The molecule has 0 N–H and O–H groups in total. The minimum atomic E-state index is 1.16. The van der Waals surface area contributed by atoms with Crippen molar-refractivity contribution >= 4 is 65.2 Å². The van der Waals surface area contributed by atoms with E-state index in [2.05, 4.69) is 228 Å². The van der Waals surface area contributed by atoms with E-state index in [0.717, 1.165) is 11.4 Å². The predicted molar refractivity (Wildman–Crippen MR) is 246 cm³/mol. The molecule has 0 saturated heterocycles. The van der Waals surface area contributed by atoms with Crippen LogP contribution >= 0.6 is 0 Å². The van der Waals surface area contributed by atoms with Crippen molar-refractivity contribution in [2.45, 2.75) is 0 Å². The van der Waals surface area contributed by atoms with E-state index >= 15 is 0 Å². The van der Waals surface area contributed by atoms with Gasteiger partial charge in [-0.05, 0) is 110 Å². The molecule has 10 aromatic carbocycles. The molecule has 0 aliphatic heterocycles. The van der Waals surface area contributed by atoms with E-state index in [1.54, 1.807) is 0 Å². The SMILES string of the molecule is c1ccc(-c2c3cccc(-c4cccc5c4c4ccccc4n5-c4ccccc4)c3cc3c(-c4cccc5c4c4ccccc4n5-c4ccccc4)cccc23)cc1. The van der Waals surface area contributed by atoms with Crippen molar-refractivity contribution in [2.24, 2.45) is 0 Å². The largest absolute Gasteiger partial charge is 0.309 e. The summed E-state index contributed by atoms with van der Waals surface area (Å²) in [6.45, 7) is 0. The second kappa shape index (κ2) is 12.9. The molecule has 0 saturated carbocycles. The summed E-state index contributed by atoms with van der Waals surface area (Å²) >= 11 is 0. The lowest BCUT2D eigenvalue weighted by atomic mass is 9.85. The van der Waals surface area contributed by atoms with Crippen molar-refractivity contribution in [1.29, 1.82) is 0 Å². The van der Waals surface area contributed by atoms with E-state index in [9.17, 15) is 0 Å². The van der Waals surface area contributed by atoms with Crippen LogP contribution in [0, 0.1) is 0 Å². The summed E-state index contributed by atoms with van der Waals surface area (Å²) in [7, 11) is 0. The van der Waals surface area contributed by atoms with Crippen LogP contribution in [0.3, 0.4) is 0 Å². The third-order valence-corrected chi connectivity index (χ3v) is 12.1. The van der Waals surface area contributed by atoms with Crippen LogP contribution in [-0.4, -0.2) is 9.13 Å². The molecule has 0 radical (unpaired) electrons. The van der Waals surface area contributed by atoms with E-state index in [1.165, 1.54) is 98.5 Å². The molecule has 0 aliphatic rings. The quantitative estimate of drug-likeness (QED) is 0.156. The van der Waals surface area contributed by atoms with E-state index in [-0.39, 0.29) is 0 Å². The number of hydrogen-bond donors (Lipinski definition) is 0. The first-order chi connectivity index (χ1) is 28.8. The molecule has 2 aromatic heterocycles. The van der Waals surface area contributed by atoms with Crippen molar-refractivity contribution in [3.63, 3.8) is 0 Å². The molecular formula is C56H36N2. The van der Waals surface area contributed by atoms with Crippen LogP contribution in [0.15, 0.2) is 218 Å². The van der Waals surface area contributed by atoms with Crippen LogP contribution in [0.4, 0.5) is 0 Å². The Morgan fingerprint density at radius 2 is 0.603 bits per heavy atom. The Morgan fingerprint density at radius 3 is 1.09 bits per heavy atom. The van der Waals surface area contributed by atoms with Crippen molar-refractivity contribution in [2.75, 3.05) is 0 Å². The molecule has 2 heterocycles. The Morgan fingerprint density at radius 1 is 0.241 bits per heavy atom. The van der Waals surface area contributed by atoms with Gasteiger partial charge in [0.15, 0.2) is 0 Å². The fraction of sp³-hybridized carbons (Fsp3) is 0. The highest BCUT2D eigenvalue weighted by Gasteiger charge is 2.22. The first kappa shape index (κ1) is 32.6. The second-order valence-electron chi connectivity index (χ2n) is 15.2. The zero-order valence-corrected chi connectivity index (χ0v) is 31.7. The molecule has 2 nitrogen and oxygen atoms in total. The topological polar surface area (TPSA) is 9.86 Å². The summed E-state index contributed by atoms with van der Waals surface area (Å²) in [5.41, 5.74) is 14.5. The molecule has 270 valence electrons. The number of benzene rings is 10. The van der Waals surface area contributed by atoms with Gasteiger partial charge in [0.05, 0.1) is 22.1 Å². The van der Waals surface area contributed by atoms with Gasteiger partial charge < -0.3 is 9.13 Å². The summed E-state index contributed by atoms with van der Waals surface area (Å²) < 4.78 is 4.82. The van der Waals surface area contributed by atoms with Gasteiger partial charge in [0, 0.05) is 32.9 Å². The molecule has 2 heteroatoms. The lowest BCUT2D eigenvalue weighted by molar-refractivity contribution is 1.18. The van der Waals surface area contributed by atoms with E-state index in [1.807, 2.05) is 0 Å². The van der Waals surface area contributed by atoms with Crippen LogP contribution in [0.5, 0.6) is 0 Å². The average molecular weight is 737 g/mol. The molecule has 12 rings (SSSR count). The Kier molecular flexibility index (Phi) is 7.26. The Bertz CT molecular complexity index is 3320. The number of rotatable bonds is 5. The Labute approximate surface area is 336 Å². The monoisotopic (exact) mass is 736 g/mol. The maximum absolute atomic E-state index is 2.48. The van der Waals surface area contributed by atoms with Gasteiger partial charge in [0.25, 0.3) is 0 Å². The molecule has 0 atom stereocenters. The lowest BCUT2D eigenvalue weighted by Gasteiger charge is -2.18. The van der Waals surface area contributed by atoms with Gasteiger partial charge >= 0.3 is 0 Å². The maximum atomic E-state index is 2.48. The molecule has 0 spiro atoms. The highest BCUT2D eigenvalue weighted by atomic mass is 15.0. The predicted octanol–water partition coefficient (Wildman–Crippen LogP) is 15.2. The number of para-hydroxylation sites is 4. The summed E-state index contributed by atoms with van der Waals surface area (Å²) in [4.78, 5) is 0. The van der Waals surface area contributed by atoms with Gasteiger partial charge in [-0.3, -0.25) is 0 Å². The van der Waals surface area contributed by atoms with Gasteiger partial charge in [-0.2, -0.15) is 0 Å². The summed E-state index contributed by atoms with van der Waals surface area (Å²) in [5, 5.41) is 10.0. The highest BCUT2D eigenvalue weighted by Crippen LogP contribution is 2.47. The maximum Gasteiger partial charge on any atom is 0.0547 e. The molecule has 0 unspecified atom stereocenters. The van der Waals surface area contributed by atoms with Crippen LogP contribution < -0.4 is 0 Å². The zero-order valence-electron chi connectivity index (χ0n) is 31.7. The van der Waals surface area contributed by atoms with E-state index < -0.39 is 0 Å². The summed E-state index contributed by atoms with van der Waals surface area (Å²) in [5.74, 6) is 0. The smallest absolute Gasteiger partial charge is 0.0547 e. The van der Waals surface area contributed by atoms with Gasteiger partial charge in [-0.25, -0.2) is 0 Å². The lowest BCUT2D eigenvalue weighted by Crippen LogP contribution is -1.93. The molecule has 58 heavy (non-hydrogen) atoms. The van der Waals surface area contributed by atoms with Crippen LogP contribution in [0.25, 0.3) is 110 Å². The van der Waals surface area contributed by atoms with Gasteiger partial charge in [-0.15, -0.1) is 0 Å². The highest BCUT2D eigenvalue weighted by molar-refractivity contribution is 6.24.